The molecule has 1 heterocycles. The third-order valence-electron chi connectivity index (χ3n) is 4.69. The van der Waals surface area contributed by atoms with Crippen LogP contribution in [-0.4, -0.2) is 27.9 Å². The van der Waals surface area contributed by atoms with Crippen LogP contribution in [0.5, 0.6) is 0 Å². The number of benzene rings is 1. The van der Waals surface area contributed by atoms with Gasteiger partial charge in [-0.3, -0.25) is 14.6 Å². The van der Waals surface area contributed by atoms with Gasteiger partial charge in [0.1, 0.15) is 5.82 Å². The molecule has 26 heavy (non-hydrogen) atoms. The van der Waals surface area contributed by atoms with E-state index < -0.39 is 5.82 Å². The lowest BCUT2D eigenvalue weighted by Gasteiger charge is -2.37. The van der Waals surface area contributed by atoms with Gasteiger partial charge in [-0.2, -0.15) is 0 Å². The zero-order valence-electron chi connectivity index (χ0n) is 14.3. The number of hydrogen-bond donors (Lipinski definition) is 2. The van der Waals surface area contributed by atoms with Gasteiger partial charge < -0.3 is 10.4 Å². The Morgan fingerprint density at radius 3 is 2.50 bits per heavy atom. The van der Waals surface area contributed by atoms with Gasteiger partial charge in [0, 0.05) is 24.6 Å². The number of carbonyl (C=O) groups excluding carboxylic acids is 2. The number of nitrogens with one attached hydrogen (secondary N) is 1. The smallest absolute Gasteiger partial charge is 0.220 e. The van der Waals surface area contributed by atoms with Gasteiger partial charge in [0.2, 0.25) is 5.91 Å². The van der Waals surface area contributed by atoms with Crippen molar-refractivity contribution in [2.45, 2.75) is 37.8 Å². The number of aliphatic hydroxyl groups excluding tert-OH is 1. The van der Waals surface area contributed by atoms with E-state index in [9.17, 15) is 19.1 Å². The second-order valence-electron chi connectivity index (χ2n) is 6.62. The quantitative estimate of drug-likeness (QED) is 0.748. The maximum absolute atomic E-state index is 12.9. The molecule has 2 N–H and O–H groups in total. The summed E-state index contributed by atoms with van der Waals surface area (Å²) in [5, 5.41) is 12.5. The molecule has 1 aromatic carbocycles. The van der Waals surface area contributed by atoms with E-state index in [-0.39, 0.29) is 42.6 Å². The second kappa shape index (κ2) is 8.19. The van der Waals surface area contributed by atoms with Crippen molar-refractivity contribution >= 4 is 11.7 Å². The minimum atomic E-state index is -0.403. The molecule has 1 aliphatic rings. The topological polar surface area (TPSA) is 79.3 Å². The third kappa shape index (κ3) is 4.52. The van der Waals surface area contributed by atoms with Gasteiger partial charge >= 0.3 is 0 Å². The van der Waals surface area contributed by atoms with Crippen molar-refractivity contribution in [2.75, 3.05) is 0 Å². The zero-order valence-corrected chi connectivity index (χ0v) is 14.3. The van der Waals surface area contributed by atoms with E-state index in [0.29, 0.717) is 18.4 Å². The van der Waals surface area contributed by atoms with E-state index in [4.69, 9.17) is 0 Å². The Balaban J connectivity index is 1.57. The van der Waals surface area contributed by atoms with Crippen LogP contribution in [-0.2, 0) is 4.79 Å². The Kier molecular flexibility index (Phi) is 5.73. The van der Waals surface area contributed by atoms with Crippen molar-refractivity contribution < 1.29 is 19.1 Å². The molecule has 1 aromatic heterocycles. The Hall–Kier alpha value is -2.60. The van der Waals surface area contributed by atoms with Crippen LogP contribution in [0.4, 0.5) is 4.39 Å². The summed E-state index contributed by atoms with van der Waals surface area (Å²) in [7, 11) is 0. The number of nitrogens with zero attached hydrogens (tertiary/aromatic N) is 1. The van der Waals surface area contributed by atoms with Crippen molar-refractivity contribution in [3.05, 3.63) is 65.7 Å². The molecular weight excluding hydrogens is 335 g/mol. The highest BCUT2D eigenvalue weighted by Gasteiger charge is 2.36. The third-order valence-corrected chi connectivity index (χ3v) is 4.69. The molecule has 0 bridgehead atoms. The van der Waals surface area contributed by atoms with E-state index in [0.717, 1.165) is 5.69 Å². The molecule has 0 saturated heterocycles. The molecule has 1 fully saturated rings. The molecular formula is C20H21FN2O3. The lowest BCUT2D eigenvalue weighted by atomic mass is 9.76. The van der Waals surface area contributed by atoms with Gasteiger partial charge in [-0.25, -0.2) is 4.39 Å². The number of aromatic nitrogens is 1. The minimum Gasteiger partial charge on any atom is -0.393 e. The molecule has 1 atom stereocenters. The van der Waals surface area contributed by atoms with Gasteiger partial charge in [-0.1, -0.05) is 6.07 Å². The number of hydrogen-bond acceptors (Lipinski definition) is 4. The lowest BCUT2D eigenvalue weighted by Crippen LogP contribution is -2.41. The molecule has 1 saturated carbocycles. The highest BCUT2D eigenvalue weighted by molar-refractivity contribution is 5.97. The first-order chi connectivity index (χ1) is 12.5. The average Bonchev–Trinajstić information content (AvgIpc) is 2.63. The number of carbonyl (C=O) groups is 2. The fraction of sp³-hybridized carbons (Fsp3) is 0.350. The maximum atomic E-state index is 12.9. The molecule has 5 nitrogen and oxygen atoms in total. The summed E-state index contributed by atoms with van der Waals surface area (Å²) in [6, 6.07) is 10.5. The molecule has 1 amide bonds. The average molecular weight is 356 g/mol. The summed E-state index contributed by atoms with van der Waals surface area (Å²) in [4.78, 5) is 28.8. The molecule has 136 valence electrons. The van der Waals surface area contributed by atoms with Crippen LogP contribution in [0.1, 0.15) is 47.8 Å². The number of aliphatic hydroxyl groups is 1. The first-order valence-electron chi connectivity index (χ1n) is 8.70. The molecule has 0 unspecified atom stereocenters. The number of rotatable bonds is 7. The van der Waals surface area contributed by atoms with Crippen LogP contribution in [0.25, 0.3) is 0 Å². The Labute approximate surface area is 151 Å². The summed E-state index contributed by atoms with van der Waals surface area (Å²) in [5.74, 6) is -0.706. The maximum Gasteiger partial charge on any atom is 0.220 e. The van der Waals surface area contributed by atoms with Gasteiger partial charge in [0.15, 0.2) is 5.78 Å². The van der Waals surface area contributed by atoms with Gasteiger partial charge in [0.05, 0.1) is 17.8 Å². The van der Waals surface area contributed by atoms with Gasteiger partial charge in [-0.15, -0.1) is 0 Å². The molecule has 3 rings (SSSR count). The number of amides is 1. The van der Waals surface area contributed by atoms with E-state index in [1.165, 1.54) is 24.3 Å². The van der Waals surface area contributed by atoms with Crippen LogP contribution >= 0.6 is 0 Å². The number of Topliss-reactive ketones (excluding diaryl/α,β-unsaturated/α-hetero) is 1. The molecule has 0 spiro atoms. The monoisotopic (exact) mass is 356 g/mol. The molecule has 1 aliphatic carbocycles. The standard InChI is InChI=1S/C20H21FN2O3/c21-15-6-4-13(5-7-15)18(25)8-9-19(26)23-20(14-11-16(24)12-14)17-3-1-2-10-22-17/h1-7,10,14,16,20,24H,8-9,11-12H2,(H,23,26)/t14?,16?,20-/m1/s1. The first kappa shape index (κ1) is 18.2. The molecule has 6 heteroatoms. The highest BCUT2D eigenvalue weighted by Crippen LogP contribution is 2.37. The van der Waals surface area contributed by atoms with Crippen LogP contribution in [0.2, 0.25) is 0 Å². The minimum absolute atomic E-state index is 0.0504. The van der Waals surface area contributed by atoms with Crippen molar-refractivity contribution in [3.8, 4) is 0 Å². The molecule has 0 aliphatic heterocycles. The van der Waals surface area contributed by atoms with Crippen LogP contribution in [0, 0.1) is 11.7 Å². The highest BCUT2D eigenvalue weighted by atomic mass is 19.1. The largest absolute Gasteiger partial charge is 0.393 e. The molecule has 0 radical (unpaired) electrons. The fourth-order valence-electron chi connectivity index (χ4n) is 3.15. The predicted molar refractivity (Wildman–Crippen MR) is 93.8 cm³/mol. The van der Waals surface area contributed by atoms with E-state index >= 15 is 0 Å². The second-order valence-corrected chi connectivity index (χ2v) is 6.62. The lowest BCUT2D eigenvalue weighted by molar-refractivity contribution is -0.123. The van der Waals surface area contributed by atoms with Crippen molar-refractivity contribution in [1.82, 2.24) is 10.3 Å². The fourth-order valence-corrected chi connectivity index (χ4v) is 3.15. The Morgan fingerprint density at radius 1 is 1.15 bits per heavy atom. The van der Waals surface area contributed by atoms with Crippen LogP contribution < -0.4 is 5.32 Å². The summed E-state index contributed by atoms with van der Waals surface area (Å²) in [5.41, 5.74) is 1.14. The summed E-state index contributed by atoms with van der Waals surface area (Å²) >= 11 is 0. The normalized spacial score (nSPS) is 20.1. The Morgan fingerprint density at radius 2 is 1.88 bits per heavy atom. The van der Waals surface area contributed by atoms with Gasteiger partial charge in [0.25, 0.3) is 0 Å². The number of pyridine rings is 1. The zero-order chi connectivity index (χ0) is 18.5. The first-order valence-corrected chi connectivity index (χ1v) is 8.70. The van der Waals surface area contributed by atoms with E-state index in [1.807, 2.05) is 12.1 Å². The summed E-state index contributed by atoms with van der Waals surface area (Å²) in [6.07, 6.45) is 2.69. The number of ketones is 1. The summed E-state index contributed by atoms with van der Waals surface area (Å²) < 4.78 is 12.9. The Bertz CT molecular complexity index is 758. The van der Waals surface area contributed by atoms with Gasteiger partial charge in [-0.05, 0) is 55.2 Å². The van der Waals surface area contributed by atoms with E-state index in [1.54, 1.807) is 12.3 Å². The predicted octanol–water partition coefficient (Wildman–Crippen LogP) is 2.81. The molecule has 2 aromatic rings. The van der Waals surface area contributed by atoms with Crippen molar-refractivity contribution in [3.63, 3.8) is 0 Å². The van der Waals surface area contributed by atoms with Crippen LogP contribution in [0.15, 0.2) is 48.7 Å². The summed E-state index contributed by atoms with van der Waals surface area (Å²) in [6.45, 7) is 0. The van der Waals surface area contributed by atoms with Crippen molar-refractivity contribution in [1.29, 1.82) is 0 Å². The number of halogens is 1. The van der Waals surface area contributed by atoms with Crippen LogP contribution in [0.3, 0.4) is 0 Å². The van der Waals surface area contributed by atoms with E-state index in [2.05, 4.69) is 10.3 Å². The SMILES string of the molecule is O=C(CCC(=O)c1ccc(F)cc1)N[C@@H](c1ccccn1)C1CC(O)C1. The van der Waals surface area contributed by atoms with Crippen molar-refractivity contribution in [2.24, 2.45) is 5.92 Å².